The van der Waals surface area contributed by atoms with Crippen LogP contribution in [0.3, 0.4) is 0 Å². The zero-order valence-corrected chi connectivity index (χ0v) is 11.9. The lowest BCUT2D eigenvalue weighted by atomic mass is 10.0. The molecule has 1 aliphatic rings. The van der Waals surface area contributed by atoms with E-state index in [0.717, 1.165) is 5.56 Å². The van der Waals surface area contributed by atoms with E-state index in [2.05, 4.69) is 10.2 Å². The number of esters is 1. The largest absolute Gasteiger partial charge is 0.462 e. The fourth-order valence-electron chi connectivity index (χ4n) is 1.93. The molecule has 1 heterocycles. The number of hydrogen-bond donors (Lipinski definition) is 0. The van der Waals surface area contributed by atoms with Gasteiger partial charge in [0.15, 0.2) is 0 Å². The van der Waals surface area contributed by atoms with E-state index < -0.39 is 11.9 Å². The summed E-state index contributed by atoms with van der Waals surface area (Å²) in [5.74, 6) is -1.15. The van der Waals surface area contributed by atoms with Crippen LogP contribution in [0.25, 0.3) is 5.70 Å². The van der Waals surface area contributed by atoms with E-state index in [1.807, 2.05) is 30.3 Å². The molecule has 2 rings (SSSR count). The smallest absolute Gasteiger partial charge is 0.348 e. The third kappa shape index (κ3) is 3.52. The van der Waals surface area contributed by atoms with E-state index in [9.17, 15) is 9.59 Å². The molecular formula is C16H13N3O3. The van der Waals surface area contributed by atoms with Crippen molar-refractivity contribution in [2.75, 3.05) is 6.61 Å². The lowest BCUT2D eigenvalue weighted by Crippen LogP contribution is -2.08. The molecule has 0 N–H and O–H groups in total. The number of ether oxygens (including phenoxy) is 1. The van der Waals surface area contributed by atoms with Gasteiger partial charge in [0.25, 0.3) is 5.91 Å². The first-order valence-corrected chi connectivity index (χ1v) is 6.67. The second-order valence-electron chi connectivity index (χ2n) is 4.40. The molecule has 0 aromatic heterocycles. The van der Waals surface area contributed by atoms with Crippen LogP contribution in [0.5, 0.6) is 0 Å². The van der Waals surface area contributed by atoms with Crippen molar-refractivity contribution in [3.63, 3.8) is 0 Å². The Balaban J connectivity index is 2.49. The Morgan fingerprint density at radius 1 is 1.36 bits per heavy atom. The maximum absolute atomic E-state index is 11.7. The number of nitriles is 1. The van der Waals surface area contributed by atoms with Gasteiger partial charge in [-0.2, -0.15) is 5.26 Å². The van der Waals surface area contributed by atoms with Gasteiger partial charge in [0.05, 0.1) is 18.7 Å². The molecule has 6 nitrogen and oxygen atoms in total. The first-order valence-electron chi connectivity index (χ1n) is 6.67. The van der Waals surface area contributed by atoms with Gasteiger partial charge in [-0.25, -0.2) is 4.79 Å². The highest BCUT2D eigenvalue weighted by atomic mass is 16.5. The average molecular weight is 295 g/mol. The number of allylic oxidation sites excluding steroid dienone is 1. The van der Waals surface area contributed by atoms with E-state index in [4.69, 9.17) is 10.00 Å². The van der Waals surface area contributed by atoms with Crippen LogP contribution >= 0.6 is 0 Å². The second kappa shape index (κ2) is 7.09. The van der Waals surface area contributed by atoms with E-state index in [-0.39, 0.29) is 18.6 Å². The minimum absolute atomic E-state index is 0.0156. The number of hydrogen-bond acceptors (Lipinski definition) is 5. The number of nitrogens with zero attached hydrogens (tertiary/aromatic N) is 3. The predicted molar refractivity (Wildman–Crippen MR) is 78.2 cm³/mol. The van der Waals surface area contributed by atoms with E-state index in [1.165, 1.54) is 6.08 Å². The van der Waals surface area contributed by atoms with Gasteiger partial charge >= 0.3 is 5.97 Å². The summed E-state index contributed by atoms with van der Waals surface area (Å²) in [6.07, 6.45) is 1.33. The Morgan fingerprint density at radius 2 is 2.09 bits per heavy atom. The molecule has 0 saturated heterocycles. The molecule has 1 amide bonds. The summed E-state index contributed by atoms with van der Waals surface area (Å²) in [5.41, 5.74) is 1.52. The molecule has 0 unspecified atom stereocenters. The molecule has 0 radical (unpaired) electrons. The molecule has 0 saturated carbocycles. The highest BCUT2D eigenvalue weighted by Crippen LogP contribution is 2.28. The molecule has 0 aliphatic carbocycles. The van der Waals surface area contributed by atoms with E-state index >= 15 is 0 Å². The third-order valence-corrected chi connectivity index (χ3v) is 2.89. The number of rotatable bonds is 4. The van der Waals surface area contributed by atoms with Gasteiger partial charge in [0.1, 0.15) is 11.6 Å². The second-order valence-corrected chi connectivity index (χ2v) is 4.40. The Morgan fingerprint density at radius 3 is 2.73 bits per heavy atom. The summed E-state index contributed by atoms with van der Waals surface area (Å²) >= 11 is 0. The molecule has 0 atom stereocenters. The SMILES string of the molecule is CCOC(=O)/C(C#N)=C\C1=C(c2ccccc2)N=NC(=O)C1. The highest BCUT2D eigenvalue weighted by Gasteiger charge is 2.19. The van der Waals surface area contributed by atoms with Gasteiger partial charge in [0.2, 0.25) is 0 Å². The number of amides is 1. The number of carbonyl (C=O) groups is 2. The van der Waals surface area contributed by atoms with Crippen molar-refractivity contribution >= 4 is 17.6 Å². The number of benzene rings is 1. The fourth-order valence-corrected chi connectivity index (χ4v) is 1.93. The van der Waals surface area contributed by atoms with Crippen LogP contribution in [0.1, 0.15) is 18.9 Å². The first kappa shape index (κ1) is 15.3. The van der Waals surface area contributed by atoms with Crippen molar-refractivity contribution in [2.24, 2.45) is 10.2 Å². The van der Waals surface area contributed by atoms with E-state index in [1.54, 1.807) is 13.0 Å². The van der Waals surface area contributed by atoms with Crippen LogP contribution in [-0.4, -0.2) is 18.5 Å². The molecule has 1 aromatic carbocycles. The Kier molecular flexibility index (Phi) is 4.94. The highest BCUT2D eigenvalue weighted by molar-refractivity contribution is 5.95. The van der Waals surface area contributed by atoms with Crippen LogP contribution in [0, 0.1) is 11.3 Å². The summed E-state index contributed by atoms with van der Waals surface area (Å²) in [6.45, 7) is 1.82. The minimum atomic E-state index is -0.722. The number of carbonyl (C=O) groups excluding carboxylic acids is 2. The van der Waals surface area contributed by atoms with Crippen LogP contribution in [-0.2, 0) is 14.3 Å². The van der Waals surface area contributed by atoms with Crippen molar-refractivity contribution in [3.8, 4) is 6.07 Å². The van der Waals surface area contributed by atoms with Crippen molar-refractivity contribution in [2.45, 2.75) is 13.3 Å². The molecule has 0 spiro atoms. The summed E-state index contributed by atoms with van der Waals surface area (Å²) in [4.78, 5) is 23.2. The van der Waals surface area contributed by atoms with Gasteiger partial charge in [-0.1, -0.05) is 30.3 Å². The van der Waals surface area contributed by atoms with Crippen LogP contribution < -0.4 is 0 Å². The monoisotopic (exact) mass is 295 g/mol. The van der Waals surface area contributed by atoms with Crippen molar-refractivity contribution in [1.82, 2.24) is 0 Å². The fraction of sp³-hybridized carbons (Fsp3) is 0.188. The van der Waals surface area contributed by atoms with Gasteiger partial charge < -0.3 is 4.74 Å². The summed E-state index contributed by atoms with van der Waals surface area (Å²) < 4.78 is 4.81. The van der Waals surface area contributed by atoms with E-state index in [0.29, 0.717) is 11.3 Å². The average Bonchev–Trinajstić information content (AvgIpc) is 2.53. The van der Waals surface area contributed by atoms with Gasteiger partial charge in [-0.15, -0.1) is 10.2 Å². The maximum atomic E-state index is 11.7. The molecule has 1 aromatic rings. The lowest BCUT2D eigenvalue weighted by Gasteiger charge is -2.11. The molecule has 0 bridgehead atoms. The standard InChI is InChI=1S/C16H13N3O3/c1-2-22-16(21)13(10-17)8-12-9-14(20)18-19-15(12)11-6-4-3-5-7-11/h3-8H,2,9H2,1H3/b13-8-. The predicted octanol–water partition coefficient (Wildman–Crippen LogP) is 2.79. The van der Waals surface area contributed by atoms with Crippen LogP contribution in [0.15, 0.2) is 57.8 Å². The van der Waals surface area contributed by atoms with Gasteiger partial charge in [0, 0.05) is 5.56 Å². The van der Waals surface area contributed by atoms with Crippen molar-refractivity contribution in [1.29, 1.82) is 5.26 Å². The van der Waals surface area contributed by atoms with Crippen molar-refractivity contribution < 1.29 is 14.3 Å². The Labute approximate surface area is 127 Å². The summed E-state index contributed by atoms with van der Waals surface area (Å²) in [7, 11) is 0. The molecule has 0 fully saturated rings. The maximum Gasteiger partial charge on any atom is 0.348 e. The Bertz CT molecular complexity index is 725. The normalized spacial score (nSPS) is 14.7. The van der Waals surface area contributed by atoms with Crippen LogP contribution in [0.4, 0.5) is 0 Å². The summed E-state index contributed by atoms with van der Waals surface area (Å²) in [6, 6.07) is 10.9. The van der Waals surface area contributed by atoms with Crippen LogP contribution in [0.2, 0.25) is 0 Å². The molecular weight excluding hydrogens is 282 g/mol. The Hall–Kier alpha value is -3.07. The minimum Gasteiger partial charge on any atom is -0.462 e. The first-order chi connectivity index (χ1) is 10.7. The molecule has 110 valence electrons. The zero-order valence-electron chi connectivity index (χ0n) is 11.9. The topological polar surface area (TPSA) is 91.9 Å². The lowest BCUT2D eigenvalue weighted by molar-refractivity contribution is -0.138. The van der Waals surface area contributed by atoms with Gasteiger partial charge in [-0.3, -0.25) is 4.79 Å². The number of azo groups is 1. The molecule has 1 aliphatic heterocycles. The quantitative estimate of drug-likeness (QED) is 0.485. The zero-order chi connectivity index (χ0) is 15.9. The summed E-state index contributed by atoms with van der Waals surface area (Å²) in [5, 5.41) is 16.6. The third-order valence-electron chi connectivity index (χ3n) is 2.89. The molecule has 22 heavy (non-hydrogen) atoms. The van der Waals surface area contributed by atoms with Crippen molar-refractivity contribution in [3.05, 3.63) is 53.1 Å². The van der Waals surface area contributed by atoms with Gasteiger partial charge in [-0.05, 0) is 18.6 Å². The molecule has 6 heteroatoms.